The molecule has 0 N–H and O–H groups in total. The minimum atomic E-state index is 0.307. The van der Waals surface area contributed by atoms with Gasteiger partial charge in [-0.3, -0.25) is 4.79 Å². The fraction of sp³-hybridized carbons (Fsp3) is 0.688. The van der Waals surface area contributed by atoms with Gasteiger partial charge in [-0.1, -0.05) is 11.6 Å². The van der Waals surface area contributed by atoms with Crippen LogP contribution >= 0.6 is 11.6 Å². The van der Waals surface area contributed by atoms with Crippen LogP contribution in [-0.4, -0.2) is 47.0 Å². The van der Waals surface area contributed by atoms with Gasteiger partial charge in [-0.05, 0) is 32.1 Å². The Morgan fingerprint density at radius 1 is 1.09 bits per heavy atom. The molecular weight excluding hydrogens is 300 g/mol. The number of halogens is 1. The molecule has 6 heteroatoms. The Balaban J connectivity index is 1.47. The summed E-state index contributed by atoms with van der Waals surface area (Å²) in [7, 11) is 0. The standard InChI is InChI=1S/C16H21ClN4O/c17-13-10-14(19-15(18-13)11-2-3-11)20-6-1-7-21(9-8-20)16(22)12-4-5-12/h10-12H,1-9H2. The molecule has 2 aliphatic carbocycles. The summed E-state index contributed by atoms with van der Waals surface area (Å²) in [5.41, 5.74) is 0. The van der Waals surface area contributed by atoms with Crippen molar-refractivity contribution in [3.05, 3.63) is 17.0 Å². The number of aromatic nitrogens is 2. The van der Waals surface area contributed by atoms with Crippen LogP contribution in [0.5, 0.6) is 0 Å². The van der Waals surface area contributed by atoms with Crippen LogP contribution in [0.25, 0.3) is 0 Å². The second kappa shape index (κ2) is 5.69. The van der Waals surface area contributed by atoms with Crippen LogP contribution in [0.15, 0.2) is 6.07 Å². The van der Waals surface area contributed by atoms with Gasteiger partial charge in [0.05, 0.1) is 0 Å². The van der Waals surface area contributed by atoms with Crippen molar-refractivity contribution in [1.82, 2.24) is 14.9 Å². The van der Waals surface area contributed by atoms with Crippen LogP contribution in [0.4, 0.5) is 5.82 Å². The monoisotopic (exact) mass is 320 g/mol. The number of anilines is 1. The molecule has 1 aromatic rings. The molecular formula is C16H21ClN4O. The normalized spacial score (nSPS) is 22.6. The Bertz CT molecular complexity index is 586. The van der Waals surface area contributed by atoms with Crippen LogP contribution < -0.4 is 4.90 Å². The minimum Gasteiger partial charge on any atom is -0.355 e. The summed E-state index contributed by atoms with van der Waals surface area (Å²) in [5, 5.41) is 0.530. The highest BCUT2D eigenvalue weighted by molar-refractivity contribution is 6.29. The zero-order valence-corrected chi connectivity index (χ0v) is 13.4. The van der Waals surface area contributed by atoms with Gasteiger partial charge < -0.3 is 9.80 Å². The van der Waals surface area contributed by atoms with E-state index in [9.17, 15) is 4.79 Å². The van der Waals surface area contributed by atoms with Crippen molar-refractivity contribution >= 4 is 23.3 Å². The first-order valence-electron chi connectivity index (χ1n) is 8.29. The summed E-state index contributed by atoms with van der Waals surface area (Å²) in [6, 6.07) is 1.85. The van der Waals surface area contributed by atoms with E-state index in [1.807, 2.05) is 11.0 Å². The summed E-state index contributed by atoms with van der Waals surface area (Å²) in [6.45, 7) is 3.40. The maximum absolute atomic E-state index is 12.2. The maximum Gasteiger partial charge on any atom is 0.225 e. The fourth-order valence-electron chi connectivity index (χ4n) is 3.06. The topological polar surface area (TPSA) is 49.3 Å². The van der Waals surface area contributed by atoms with E-state index in [0.29, 0.717) is 22.9 Å². The average molecular weight is 321 g/mol. The van der Waals surface area contributed by atoms with E-state index in [0.717, 1.165) is 57.1 Å². The molecule has 0 radical (unpaired) electrons. The molecule has 22 heavy (non-hydrogen) atoms. The number of rotatable bonds is 3. The van der Waals surface area contributed by atoms with Gasteiger partial charge in [0.15, 0.2) is 0 Å². The van der Waals surface area contributed by atoms with Gasteiger partial charge in [-0.15, -0.1) is 0 Å². The second-order valence-electron chi connectivity index (χ2n) is 6.62. The molecule has 0 unspecified atom stereocenters. The smallest absolute Gasteiger partial charge is 0.225 e. The second-order valence-corrected chi connectivity index (χ2v) is 7.01. The van der Waals surface area contributed by atoms with E-state index in [1.54, 1.807) is 0 Å². The highest BCUT2D eigenvalue weighted by atomic mass is 35.5. The van der Waals surface area contributed by atoms with Gasteiger partial charge in [-0.2, -0.15) is 0 Å². The molecule has 0 aromatic carbocycles. The lowest BCUT2D eigenvalue weighted by atomic mass is 10.3. The number of nitrogens with zero attached hydrogens (tertiary/aromatic N) is 4. The molecule has 2 heterocycles. The fourth-order valence-corrected chi connectivity index (χ4v) is 3.25. The zero-order chi connectivity index (χ0) is 15.1. The number of carbonyl (C=O) groups is 1. The molecule has 0 spiro atoms. The number of amides is 1. The largest absolute Gasteiger partial charge is 0.355 e. The summed E-state index contributed by atoms with van der Waals surface area (Å²) in [4.78, 5) is 25.6. The third-order valence-electron chi connectivity index (χ3n) is 4.70. The molecule has 118 valence electrons. The zero-order valence-electron chi connectivity index (χ0n) is 12.7. The predicted octanol–water partition coefficient (Wildman–Crippen LogP) is 2.46. The molecule has 1 aliphatic heterocycles. The highest BCUT2D eigenvalue weighted by Crippen LogP contribution is 2.39. The van der Waals surface area contributed by atoms with Crippen molar-refractivity contribution < 1.29 is 4.79 Å². The predicted molar refractivity (Wildman–Crippen MR) is 85.2 cm³/mol. The summed E-state index contributed by atoms with van der Waals surface area (Å²) >= 11 is 6.17. The summed E-state index contributed by atoms with van der Waals surface area (Å²) in [6.07, 6.45) is 5.47. The Morgan fingerprint density at radius 3 is 2.64 bits per heavy atom. The van der Waals surface area contributed by atoms with E-state index in [1.165, 1.54) is 12.8 Å². The van der Waals surface area contributed by atoms with Gasteiger partial charge in [0.1, 0.15) is 16.8 Å². The third-order valence-corrected chi connectivity index (χ3v) is 4.89. The molecule has 4 rings (SSSR count). The number of hydrogen-bond donors (Lipinski definition) is 0. The van der Waals surface area contributed by atoms with Crippen LogP contribution in [-0.2, 0) is 4.79 Å². The van der Waals surface area contributed by atoms with Crippen molar-refractivity contribution in [2.75, 3.05) is 31.1 Å². The molecule has 2 saturated carbocycles. The van der Waals surface area contributed by atoms with E-state index in [4.69, 9.17) is 16.6 Å². The van der Waals surface area contributed by atoms with E-state index < -0.39 is 0 Å². The van der Waals surface area contributed by atoms with Gasteiger partial charge in [0, 0.05) is 44.1 Å². The molecule has 3 aliphatic rings. The van der Waals surface area contributed by atoms with Crippen LogP contribution in [0.3, 0.4) is 0 Å². The Labute approximate surface area is 135 Å². The van der Waals surface area contributed by atoms with E-state index >= 15 is 0 Å². The SMILES string of the molecule is O=C(C1CC1)N1CCCN(c2cc(Cl)nc(C3CC3)n2)CC1. The van der Waals surface area contributed by atoms with Crippen LogP contribution in [0.2, 0.25) is 5.15 Å². The Morgan fingerprint density at radius 2 is 1.91 bits per heavy atom. The molecule has 1 aromatic heterocycles. The molecule has 1 amide bonds. The first kappa shape index (κ1) is 14.2. The van der Waals surface area contributed by atoms with Gasteiger partial charge in [-0.25, -0.2) is 9.97 Å². The maximum atomic E-state index is 12.2. The Kier molecular flexibility index (Phi) is 3.68. The number of carbonyl (C=O) groups excluding carboxylic acids is 1. The molecule has 0 atom stereocenters. The average Bonchev–Trinajstić information content (AvgIpc) is 3.41. The van der Waals surface area contributed by atoms with Crippen LogP contribution in [0, 0.1) is 5.92 Å². The number of hydrogen-bond acceptors (Lipinski definition) is 4. The van der Waals surface area contributed by atoms with Gasteiger partial charge in [0.25, 0.3) is 0 Å². The van der Waals surface area contributed by atoms with Crippen molar-refractivity contribution in [3.8, 4) is 0 Å². The molecule has 1 saturated heterocycles. The quantitative estimate of drug-likeness (QED) is 0.803. The lowest BCUT2D eigenvalue weighted by Gasteiger charge is -2.23. The van der Waals surface area contributed by atoms with E-state index in [-0.39, 0.29) is 0 Å². The van der Waals surface area contributed by atoms with Gasteiger partial charge in [0.2, 0.25) is 5.91 Å². The molecule has 0 bridgehead atoms. The third kappa shape index (κ3) is 3.05. The molecule has 3 fully saturated rings. The summed E-state index contributed by atoms with van der Waals surface area (Å²) in [5.74, 6) is 2.96. The van der Waals surface area contributed by atoms with Crippen LogP contribution in [0.1, 0.15) is 43.8 Å². The minimum absolute atomic E-state index is 0.307. The lowest BCUT2D eigenvalue weighted by Crippen LogP contribution is -2.36. The Hall–Kier alpha value is -1.36. The van der Waals surface area contributed by atoms with Crippen molar-refractivity contribution in [1.29, 1.82) is 0 Å². The van der Waals surface area contributed by atoms with Gasteiger partial charge >= 0.3 is 0 Å². The van der Waals surface area contributed by atoms with Crippen molar-refractivity contribution in [2.24, 2.45) is 5.92 Å². The lowest BCUT2D eigenvalue weighted by molar-refractivity contribution is -0.132. The molecule has 5 nitrogen and oxygen atoms in total. The van der Waals surface area contributed by atoms with E-state index in [2.05, 4.69) is 9.88 Å². The van der Waals surface area contributed by atoms with Crippen molar-refractivity contribution in [3.63, 3.8) is 0 Å². The highest BCUT2D eigenvalue weighted by Gasteiger charge is 2.34. The first-order valence-corrected chi connectivity index (χ1v) is 8.67. The van der Waals surface area contributed by atoms with Crippen molar-refractivity contribution in [2.45, 2.75) is 38.0 Å². The first-order chi connectivity index (χ1) is 10.7. The summed E-state index contributed by atoms with van der Waals surface area (Å²) < 4.78 is 0.